The molecule has 2 amide bonds. The van der Waals surface area contributed by atoms with Gasteiger partial charge in [-0.15, -0.1) is 0 Å². The molecule has 0 bridgehead atoms. The molecule has 0 atom stereocenters. The Balaban J connectivity index is 0.000000183. The van der Waals surface area contributed by atoms with Crippen LogP contribution in [0.1, 0.15) is 46.0 Å². The molecule has 2 fully saturated rings. The molecule has 8 heteroatoms. The van der Waals surface area contributed by atoms with E-state index in [1.165, 1.54) is 37.5 Å². The molecule has 0 saturated heterocycles. The first-order chi connectivity index (χ1) is 16.3. The monoisotopic (exact) mass is 473 g/mol. The second-order valence-electron chi connectivity index (χ2n) is 8.50. The summed E-state index contributed by atoms with van der Waals surface area (Å²) in [7, 11) is 0. The summed E-state index contributed by atoms with van der Waals surface area (Å²) in [5, 5.41) is 3.28. The van der Waals surface area contributed by atoms with E-state index in [0.29, 0.717) is 41.9 Å². The van der Waals surface area contributed by atoms with Crippen LogP contribution in [0, 0.1) is 28.8 Å². The fourth-order valence-corrected chi connectivity index (χ4v) is 3.76. The Morgan fingerprint density at radius 2 is 1.68 bits per heavy atom. The average molecular weight is 474 g/mol. The van der Waals surface area contributed by atoms with Gasteiger partial charge in [-0.1, -0.05) is 20.3 Å². The van der Waals surface area contributed by atoms with Crippen molar-refractivity contribution in [3.05, 3.63) is 59.9 Å². The minimum Gasteiger partial charge on any atom is -0.369 e. The van der Waals surface area contributed by atoms with Gasteiger partial charge in [0.2, 0.25) is 11.8 Å². The fourth-order valence-electron chi connectivity index (χ4n) is 3.76. The van der Waals surface area contributed by atoms with Crippen LogP contribution in [0.3, 0.4) is 0 Å². The third-order valence-electron chi connectivity index (χ3n) is 6.23. The SMILES string of the molecule is CC.Fc1ccc(-c2cc3cc(F)cc(F)c3[nH]2)cc1.NC(=O)C1(C(=O)NCC2CCC2)CC1. The highest BCUT2D eigenvalue weighted by molar-refractivity contribution is 6.07. The standard InChI is InChI=1S/C14H8F3N.C10H16N2O2.C2H6/c15-10-3-1-8(2-4-10)13-6-9-5-11(16)7-12(17)14(9)18-13;11-8(13)10(4-5-10)9(14)12-6-7-2-1-3-7;1-2/h1-7,18H;7H,1-6H2,(H2,11,13)(H,12,14);1-2H3. The van der Waals surface area contributed by atoms with Crippen LogP contribution < -0.4 is 11.1 Å². The van der Waals surface area contributed by atoms with Crippen molar-refractivity contribution in [1.82, 2.24) is 10.3 Å². The summed E-state index contributed by atoms with van der Waals surface area (Å²) in [6.07, 6.45) is 4.91. The molecule has 1 aromatic heterocycles. The molecule has 1 heterocycles. The van der Waals surface area contributed by atoms with E-state index in [2.05, 4.69) is 10.3 Å². The van der Waals surface area contributed by atoms with Gasteiger partial charge in [0, 0.05) is 23.7 Å². The first-order valence-electron chi connectivity index (χ1n) is 11.6. The van der Waals surface area contributed by atoms with Gasteiger partial charge in [-0.05, 0) is 73.6 Å². The maximum Gasteiger partial charge on any atom is 0.235 e. The maximum atomic E-state index is 13.5. The number of benzene rings is 2. The molecule has 2 aliphatic carbocycles. The highest BCUT2D eigenvalue weighted by Gasteiger charge is 2.55. The summed E-state index contributed by atoms with van der Waals surface area (Å²) >= 11 is 0. The smallest absolute Gasteiger partial charge is 0.235 e. The molecule has 5 nitrogen and oxygen atoms in total. The normalized spacial score (nSPS) is 15.8. The van der Waals surface area contributed by atoms with Crippen LogP contribution in [-0.2, 0) is 9.59 Å². The Kier molecular flexibility index (Phi) is 8.02. The van der Waals surface area contributed by atoms with E-state index in [1.807, 2.05) is 13.8 Å². The molecule has 0 spiro atoms. The van der Waals surface area contributed by atoms with Gasteiger partial charge in [0.1, 0.15) is 22.9 Å². The lowest BCUT2D eigenvalue weighted by Gasteiger charge is -2.26. The van der Waals surface area contributed by atoms with Crippen molar-refractivity contribution in [2.24, 2.45) is 17.1 Å². The van der Waals surface area contributed by atoms with Gasteiger partial charge in [0.15, 0.2) is 0 Å². The van der Waals surface area contributed by atoms with E-state index >= 15 is 0 Å². The molecular weight excluding hydrogens is 443 g/mol. The van der Waals surface area contributed by atoms with Crippen molar-refractivity contribution in [3.63, 3.8) is 0 Å². The third-order valence-corrected chi connectivity index (χ3v) is 6.23. The summed E-state index contributed by atoms with van der Waals surface area (Å²) in [5.41, 5.74) is 5.92. The van der Waals surface area contributed by atoms with Crippen LogP contribution in [0.15, 0.2) is 42.5 Å². The molecule has 0 radical (unpaired) electrons. The molecule has 2 saturated carbocycles. The first kappa shape index (κ1) is 25.3. The number of hydrogen-bond acceptors (Lipinski definition) is 2. The van der Waals surface area contributed by atoms with Crippen LogP contribution in [0.2, 0.25) is 0 Å². The van der Waals surface area contributed by atoms with Gasteiger partial charge in [0.25, 0.3) is 0 Å². The Morgan fingerprint density at radius 3 is 2.21 bits per heavy atom. The Morgan fingerprint density at radius 1 is 1.03 bits per heavy atom. The minimum absolute atomic E-state index is 0.156. The molecule has 2 aliphatic rings. The number of rotatable bonds is 5. The van der Waals surface area contributed by atoms with Crippen LogP contribution in [0.4, 0.5) is 13.2 Å². The molecule has 182 valence electrons. The number of aromatic nitrogens is 1. The number of H-pyrrole nitrogens is 1. The van der Waals surface area contributed by atoms with Crippen molar-refractivity contribution in [2.45, 2.75) is 46.0 Å². The first-order valence-corrected chi connectivity index (χ1v) is 11.6. The van der Waals surface area contributed by atoms with E-state index in [4.69, 9.17) is 5.73 Å². The lowest BCUT2D eigenvalue weighted by Crippen LogP contribution is -2.42. The van der Waals surface area contributed by atoms with Crippen molar-refractivity contribution < 1.29 is 22.8 Å². The largest absolute Gasteiger partial charge is 0.369 e. The number of nitrogens with one attached hydrogen (secondary N) is 2. The number of fused-ring (bicyclic) bond motifs is 1. The number of hydrogen-bond donors (Lipinski definition) is 3. The van der Waals surface area contributed by atoms with Gasteiger partial charge in [-0.25, -0.2) is 13.2 Å². The van der Waals surface area contributed by atoms with Gasteiger partial charge < -0.3 is 16.0 Å². The number of nitrogens with two attached hydrogens (primary N) is 1. The van der Waals surface area contributed by atoms with Gasteiger partial charge >= 0.3 is 0 Å². The zero-order valence-electron chi connectivity index (χ0n) is 19.4. The second kappa shape index (κ2) is 10.8. The lowest BCUT2D eigenvalue weighted by atomic mass is 9.85. The second-order valence-corrected chi connectivity index (χ2v) is 8.50. The average Bonchev–Trinajstić information content (AvgIpc) is 3.49. The highest BCUT2D eigenvalue weighted by atomic mass is 19.1. The summed E-state index contributed by atoms with van der Waals surface area (Å²) in [4.78, 5) is 25.5. The molecule has 2 aromatic carbocycles. The molecule has 0 aliphatic heterocycles. The number of aromatic amines is 1. The van der Waals surface area contributed by atoms with E-state index in [0.717, 1.165) is 6.07 Å². The summed E-state index contributed by atoms with van der Waals surface area (Å²) in [6, 6.07) is 9.50. The quantitative estimate of drug-likeness (QED) is 0.431. The van der Waals surface area contributed by atoms with Crippen LogP contribution in [0.25, 0.3) is 22.2 Å². The number of amides is 2. The van der Waals surface area contributed by atoms with E-state index in [9.17, 15) is 22.8 Å². The maximum absolute atomic E-state index is 13.5. The molecule has 34 heavy (non-hydrogen) atoms. The van der Waals surface area contributed by atoms with Crippen molar-refractivity contribution in [1.29, 1.82) is 0 Å². The van der Waals surface area contributed by atoms with Crippen LogP contribution >= 0.6 is 0 Å². The lowest BCUT2D eigenvalue weighted by molar-refractivity contribution is -0.135. The Bertz CT molecular complexity index is 1150. The van der Waals surface area contributed by atoms with Gasteiger partial charge in [-0.3, -0.25) is 9.59 Å². The Hall–Kier alpha value is -3.29. The summed E-state index contributed by atoms with van der Waals surface area (Å²) in [5.74, 6) is -1.60. The summed E-state index contributed by atoms with van der Waals surface area (Å²) < 4.78 is 39.4. The number of carbonyl (C=O) groups is 2. The third kappa shape index (κ3) is 5.61. The van der Waals surface area contributed by atoms with Crippen LogP contribution in [-0.4, -0.2) is 23.3 Å². The number of primary amides is 1. The zero-order valence-corrected chi connectivity index (χ0v) is 19.4. The van der Waals surface area contributed by atoms with Crippen molar-refractivity contribution in [2.75, 3.05) is 6.54 Å². The predicted molar refractivity (Wildman–Crippen MR) is 126 cm³/mol. The topological polar surface area (TPSA) is 88.0 Å². The number of carbonyl (C=O) groups excluding carboxylic acids is 2. The molecular formula is C26H30F3N3O2. The van der Waals surface area contributed by atoms with E-state index in [1.54, 1.807) is 18.2 Å². The van der Waals surface area contributed by atoms with Crippen LogP contribution in [0.5, 0.6) is 0 Å². The zero-order chi connectivity index (χ0) is 24.9. The molecule has 4 N–H and O–H groups in total. The van der Waals surface area contributed by atoms with E-state index < -0.39 is 23.0 Å². The minimum atomic E-state index is -0.844. The number of halogens is 3. The molecule has 3 aromatic rings. The van der Waals surface area contributed by atoms with E-state index in [-0.39, 0.29) is 17.2 Å². The van der Waals surface area contributed by atoms with Crippen molar-refractivity contribution in [3.8, 4) is 11.3 Å². The van der Waals surface area contributed by atoms with Gasteiger partial charge in [-0.2, -0.15) is 0 Å². The highest BCUT2D eigenvalue weighted by Crippen LogP contribution is 2.45. The molecule has 0 unspecified atom stereocenters. The van der Waals surface area contributed by atoms with Gasteiger partial charge in [0.05, 0.1) is 5.52 Å². The summed E-state index contributed by atoms with van der Waals surface area (Å²) in [6.45, 7) is 4.72. The predicted octanol–water partition coefficient (Wildman–Crippen LogP) is 5.45. The molecule has 5 rings (SSSR count). The fraction of sp³-hybridized carbons (Fsp3) is 0.385. The Labute approximate surface area is 196 Å². The van der Waals surface area contributed by atoms with Crippen molar-refractivity contribution >= 4 is 22.7 Å².